The maximum atomic E-state index is 13.9. The summed E-state index contributed by atoms with van der Waals surface area (Å²) in [5.41, 5.74) is 4.55. The van der Waals surface area contributed by atoms with E-state index < -0.39 is 12.1 Å². The monoisotopic (exact) mass is 500 g/mol. The molecule has 0 fully saturated rings. The first-order valence-corrected chi connectivity index (χ1v) is 13.3. The number of para-hydroxylation sites is 1. The molecule has 0 aliphatic carbocycles. The van der Waals surface area contributed by atoms with Crippen LogP contribution in [0.15, 0.2) is 48.5 Å². The Kier molecular flexibility index (Phi) is 6.80. The average molecular weight is 501 g/mol. The smallest absolute Gasteiger partial charge is 0.255 e. The molecule has 37 heavy (non-hydrogen) atoms. The predicted molar refractivity (Wildman–Crippen MR) is 144 cm³/mol. The van der Waals surface area contributed by atoms with Gasteiger partial charge in [-0.1, -0.05) is 64.1 Å². The van der Waals surface area contributed by atoms with Gasteiger partial charge in [-0.25, -0.2) is 0 Å². The van der Waals surface area contributed by atoms with E-state index in [2.05, 4.69) is 35.5 Å². The van der Waals surface area contributed by atoms with Crippen LogP contribution in [0.4, 0.5) is 0 Å². The van der Waals surface area contributed by atoms with E-state index in [1.54, 1.807) is 4.90 Å². The lowest BCUT2D eigenvalue weighted by Gasteiger charge is -2.37. The number of H-pyrrole nitrogens is 1. The molecule has 1 unspecified atom stereocenters. The van der Waals surface area contributed by atoms with Crippen molar-refractivity contribution < 1.29 is 14.4 Å². The van der Waals surface area contributed by atoms with E-state index in [-0.39, 0.29) is 29.7 Å². The largest absolute Gasteiger partial charge is 0.356 e. The Morgan fingerprint density at radius 2 is 1.76 bits per heavy atom. The summed E-state index contributed by atoms with van der Waals surface area (Å²) in [4.78, 5) is 45.8. The van der Waals surface area contributed by atoms with Crippen molar-refractivity contribution in [2.75, 3.05) is 6.54 Å². The van der Waals surface area contributed by atoms with E-state index in [0.717, 1.165) is 34.1 Å². The van der Waals surface area contributed by atoms with Crippen molar-refractivity contribution in [3.05, 3.63) is 70.9 Å². The lowest BCUT2D eigenvalue weighted by Crippen LogP contribution is -2.56. The average Bonchev–Trinajstić information content (AvgIpc) is 3.38. The molecule has 0 spiro atoms. The van der Waals surface area contributed by atoms with Gasteiger partial charge in [0.25, 0.3) is 5.91 Å². The van der Waals surface area contributed by atoms with Gasteiger partial charge in [-0.05, 0) is 47.9 Å². The Balaban J connectivity index is 1.48. The summed E-state index contributed by atoms with van der Waals surface area (Å²) < 4.78 is 0. The third kappa shape index (κ3) is 4.63. The van der Waals surface area contributed by atoms with Crippen LogP contribution in [0.5, 0.6) is 0 Å². The molecule has 7 nitrogen and oxygen atoms in total. The number of aromatic amines is 1. The van der Waals surface area contributed by atoms with Crippen molar-refractivity contribution in [1.29, 1.82) is 0 Å². The van der Waals surface area contributed by atoms with E-state index in [0.29, 0.717) is 30.9 Å². The summed E-state index contributed by atoms with van der Waals surface area (Å²) in [5, 5.41) is 7.09. The molecule has 1 aromatic heterocycles. The van der Waals surface area contributed by atoms with Crippen molar-refractivity contribution in [1.82, 2.24) is 20.5 Å². The van der Waals surface area contributed by atoms with Gasteiger partial charge in [0.2, 0.25) is 11.8 Å². The van der Waals surface area contributed by atoms with Gasteiger partial charge >= 0.3 is 0 Å². The fourth-order valence-electron chi connectivity index (χ4n) is 5.72. The van der Waals surface area contributed by atoms with Crippen molar-refractivity contribution in [2.45, 2.75) is 65.1 Å². The normalized spacial score (nSPS) is 19.1. The van der Waals surface area contributed by atoms with Crippen LogP contribution in [-0.2, 0) is 16.0 Å². The van der Waals surface area contributed by atoms with Crippen molar-refractivity contribution in [3.63, 3.8) is 0 Å². The zero-order chi connectivity index (χ0) is 26.3. The molecule has 194 valence electrons. The fourth-order valence-corrected chi connectivity index (χ4v) is 5.72. The van der Waals surface area contributed by atoms with Gasteiger partial charge in [0, 0.05) is 35.1 Å². The third-order valence-corrected chi connectivity index (χ3v) is 7.52. The number of fused-ring (bicyclic) bond motifs is 7. The van der Waals surface area contributed by atoms with Crippen LogP contribution in [0, 0.1) is 11.8 Å². The number of nitrogens with zero attached hydrogens (tertiary/aromatic N) is 1. The molecule has 0 radical (unpaired) electrons. The number of benzene rings is 2. The molecule has 2 aliphatic rings. The molecule has 5 rings (SSSR count). The van der Waals surface area contributed by atoms with Gasteiger partial charge in [0.1, 0.15) is 12.1 Å². The minimum Gasteiger partial charge on any atom is -0.356 e. The summed E-state index contributed by atoms with van der Waals surface area (Å²) >= 11 is 0. The zero-order valence-corrected chi connectivity index (χ0v) is 22.0. The number of amides is 3. The first-order valence-electron chi connectivity index (χ1n) is 13.3. The standard InChI is InChI=1S/C30H36N4O3/c1-17(2)13-14-31-28(35)24(15-18(3)4)33-29(36)25-16-22-19-9-7-8-12-23(19)32-26(22)27-20-10-5-6-11-21(20)30(37)34(25)27/h5-12,17-18,24-25,27,32H,13-16H2,1-4H3,(H,31,35)(H,33,36)/t24-,25-,27?/m0/s1. The summed E-state index contributed by atoms with van der Waals surface area (Å²) in [7, 11) is 0. The SMILES string of the molecule is CC(C)CCNC(=O)[C@H](CC(C)C)NC(=O)[C@@H]1Cc2c([nH]c3ccccc23)C2c3ccccc3C(=O)N21. The van der Waals surface area contributed by atoms with Crippen molar-refractivity contribution >= 4 is 28.6 Å². The lowest BCUT2D eigenvalue weighted by atomic mass is 9.89. The molecular weight excluding hydrogens is 464 g/mol. The Morgan fingerprint density at radius 1 is 1.03 bits per heavy atom. The highest BCUT2D eigenvalue weighted by Gasteiger charge is 2.49. The highest BCUT2D eigenvalue weighted by atomic mass is 16.2. The van der Waals surface area contributed by atoms with Crippen LogP contribution in [-0.4, -0.2) is 46.2 Å². The van der Waals surface area contributed by atoms with E-state index in [1.807, 2.05) is 56.3 Å². The molecule has 0 saturated heterocycles. The highest BCUT2D eigenvalue weighted by molar-refractivity contribution is 6.04. The van der Waals surface area contributed by atoms with Gasteiger partial charge in [0.15, 0.2) is 0 Å². The Labute approximate surface area is 218 Å². The fraction of sp³-hybridized carbons (Fsp3) is 0.433. The minimum absolute atomic E-state index is 0.146. The van der Waals surface area contributed by atoms with Gasteiger partial charge in [-0.15, -0.1) is 0 Å². The Hall–Kier alpha value is -3.61. The second-order valence-corrected chi connectivity index (χ2v) is 11.1. The van der Waals surface area contributed by atoms with Crippen LogP contribution in [0.1, 0.15) is 73.8 Å². The lowest BCUT2D eigenvalue weighted by molar-refractivity contribution is -0.132. The molecule has 7 heteroatoms. The maximum absolute atomic E-state index is 13.9. The first-order chi connectivity index (χ1) is 17.8. The van der Waals surface area contributed by atoms with Crippen LogP contribution in [0.3, 0.4) is 0 Å². The molecule has 0 saturated carbocycles. The van der Waals surface area contributed by atoms with Gasteiger partial charge in [-0.2, -0.15) is 0 Å². The van der Waals surface area contributed by atoms with Gasteiger partial charge in [0.05, 0.1) is 6.04 Å². The number of carbonyl (C=O) groups excluding carboxylic acids is 3. The maximum Gasteiger partial charge on any atom is 0.255 e. The van der Waals surface area contributed by atoms with Crippen LogP contribution in [0.2, 0.25) is 0 Å². The quantitative estimate of drug-likeness (QED) is 0.430. The number of aromatic nitrogens is 1. The van der Waals surface area contributed by atoms with E-state index in [1.165, 1.54) is 0 Å². The molecular formula is C30H36N4O3. The molecule has 2 aromatic carbocycles. The molecule has 3 N–H and O–H groups in total. The molecule has 3 aromatic rings. The molecule has 2 aliphatic heterocycles. The summed E-state index contributed by atoms with van der Waals surface area (Å²) in [6.07, 6.45) is 1.80. The van der Waals surface area contributed by atoms with Crippen LogP contribution >= 0.6 is 0 Å². The van der Waals surface area contributed by atoms with Gasteiger partial charge in [-0.3, -0.25) is 14.4 Å². The number of hydrogen-bond donors (Lipinski definition) is 3. The highest BCUT2D eigenvalue weighted by Crippen LogP contribution is 2.46. The first kappa shape index (κ1) is 25.1. The number of carbonyl (C=O) groups is 3. The zero-order valence-electron chi connectivity index (χ0n) is 22.0. The molecule has 0 bridgehead atoms. The van der Waals surface area contributed by atoms with Crippen LogP contribution in [0.25, 0.3) is 10.9 Å². The number of hydrogen-bond acceptors (Lipinski definition) is 3. The molecule has 3 atom stereocenters. The molecule has 3 amide bonds. The Bertz CT molecular complexity index is 1340. The topological polar surface area (TPSA) is 94.3 Å². The minimum atomic E-state index is -0.713. The predicted octanol–water partition coefficient (Wildman–Crippen LogP) is 4.33. The Morgan fingerprint density at radius 3 is 2.51 bits per heavy atom. The third-order valence-electron chi connectivity index (χ3n) is 7.52. The second-order valence-electron chi connectivity index (χ2n) is 11.1. The molecule has 3 heterocycles. The summed E-state index contributed by atoms with van der Waals surface area (Å²) in [5.74, 6) is 0.0985. The number of rotatable bonds is 8. The van der Waals surface area contributed by atoms with Crippen LogP contribution < -0.4 is 10.6 Å². The van der Waals surface area contributed by atoms with Crippen molar-refractivity contribution in [3.8, 4) is 0 Å². The summed E-state index contributed by atoms with van der Waals surface area (Å²) in [6, 6.07) is 13.9. The van der Waals surface area contributed by atoms with E-state index >= 15 is 0 Å². The number of nitrogens with one attached hydrogen (secondary N) is 3. The van der Waals surface area contributed by atoms with E-state index in [4.69, 9.17) is 0 Å². The second kappa shape index (κ2) is 10.0. The van der Waals surface area contributed by atoms with Gasteiger partial charge < -0.3 is 20.5 Å². The summed E-state index contributed by atoms with van der Waals surface area (Å²) in [6.45, 7) is 8.88. The van der Waals surface area contributed by atoms with Crippen molar-refractivity contribution in [2.24, 2.45) is 11.8 Å². The van der Waals surface area contributed by atoms with E-state index in [9.17, 15) is 14.4 Å².